The average molecular weight is 207 g/mol. The molecule has 0 bridgehead atoms. The first-order chi connectivity index (χ1) is 7.06. The summed E-state index contributed by atoms with van der Waals surface area (Å²) in [5, 5.41) is 12.7. The molecule has 5 nitrogen and oxygen atoms in total. The van der Waals surface area contributed by atoms with Crippen LogP contribution in [0.3, 0.4) is 0 Å². The average Bonchev–Trinajstić information content (AvgIpc) is 2.42. The molecule has 0 aliphatic heterocycles. The van der Waals surface area contributed by atoms with Crippen LogP contribution in [-0.2, 0) is 13.6 Å². The molecule has 0 spiro atoms. The number of nitrogen functional groups attached to an aromatic ring is 1. The van der Waals surface area contributed by atoms with Crippen LogP contribution in [0.25, 0.3) is 0 Å². The van der Waals surface area contributed by atoms with Gasteiger partial charge in [0.05, 0.1) is 11.8 Å². The number of hydrogen-bond donors (Lipinski definition) is 1. The molecule has 0 saturated heterocycles. The van der Waals surface area contributed by atoms with Gasteiger partial charge in [0.15, 0.2) is 0 Å². The minimum Gasteiger partial charge on any atom is -0.384 e. The van der Waals surface area contributed by atoms with E-state index in [1.807, 2.05) is 21.0 Å². The van der Waals surface area contributed by atoms with Crippen molar-refractivity contribution < 1.29 is 0 Å². The fourth-order valence-electron chi connectivity index (χ4n) is 1.51. The summed E-state index contributed by atoms with van der Waals surface area (Å²) < 4.78 is 1.68. The van der Waals surface area contributed by atoms with Crippen molar-refractivity contribution in [3.8, 4) is 6.07 Å². The van der Waals surface area contributed by atoms with Crippen molar-refractivity contribution in [3.63, 3.8) is 0 Å². The smallest absolute Gasteiger partial charge is 0.126 e. The highest BCUT2D eigenvalue weighted by Crippen LogP contribution is 2.16. The van der Waals surface area contributed by atoms with Gasteiger partial charge in [-0.15, -0.1) is 0 Å². The summed E-state index contributed by atoms with van der Waals surface area (Å²) in [4.78, 5) is 2.07. The van der Waals surface area contributed by atoms with Crippen molar-refractivity contribution in [2.24, 2.45) is 7.05 Å². The Hall–Kier alpha value is -1.54. The molecule has 0 amide bonds. The maximum absolute atomic E-state index is 8.48. The second-order valence-corrected chi connectivity index (χ2v) is 3.72. The van der Waals surface area contributed by atoms with Crippen LogP contribution in [0.15, 0.2) is 0 Å². The Morgan fingerprint density at radius 3 is 2.73 bits per heavy atom. The molecule has 0 aliphatic rings. The minimum atomic E-state index is 0.537. The van der Waals surface area contributed by atoms with E-state index >= 15 is 0 Å². The van der Waals surface area contributed by atoms with E-state index < -0.39 is 0 Å². The summed E-state index contributed by atoms with van der Waals surface area (Å²) in [6.45, 7) is 3.45. The lowest BCUT2D eigenvalue weighted by atomic mass is 10.2. The second kappa shape index (κ2) is 4.80. The first-order valence-corrected chi connectivity index (χ1v) is 4.89. The second-order valence-electron chi connectivity index (χ2n) is 3.72. The first-order valence-electron chi connectivity index (χ1n) is 4.89. The Labute approximate surface area is 90.1 Å². The molecule has 5 heteroatoms. The molecule has 0 atom stereocenters. The van der Waals surface area contributed by atoms with E-state index in [1.165, 1.54) is 0 Å². The van der Waals surface area contributed by atoms with Gasteiger partial charge in [0, 0.05) is 32.1 Å². The monoisotopic (exact) mass is 207 g/mol. The van der Waals surface area contributed by atoms with Gasteiger partial charge in [0.1, 0.15) is 5.82 Å². The van der Waals surface area contributed by atoms with Gasteiger partial charge < -0.3 is 10.6 Å². The molecule has 1 rings (SSSR count). The normalized spacial score (nSPS) is 10.6. The molecular formula is C10H17N5. The van der Waals surface area contributed by atoms with Gasteiger partial charge in [-0.05, 0) is 14.0 Å². The summed E-state index contributed by atoms with van der Waals surface area (Å²) in [7, 11) is 3.81. The third-order valence-electron chi connectivity index (χ3n) is 2.43. The minimum absolute atomic E-state index is 0.537. The number of aryl methyl sites for hydroxylation is 2. The Morgan fingerprint density at radius 2 is 2.27 bits per heavy atom. The van der Waals surface area contributed by atoms with Gasteiger partial charge >= 0.3 is 0 Å². The van der Waals surface area contributed by atoms with Crippen LogP contribution < -0.4 is 5.73 Å². The Bertz CT molecular complexity index is 374. The SMILES string of the molecule is Cc1nn(C)c(N)c1CN(C)CCC#N. The Morgan fingerprint density at radius 1 is 1.60 bits per heavy atom. The van der Waals surface area contributed by atoms with Crippen molar-refractivity contribution in [1.82, 2.24) is 14.7 Å². The van der Waals surface area contributed by atoms with Gasteiger partial charge in [0.25, 0.3) is 0 Å². The quantitative estimate of drug-likeness (QED) is 0.787. The van der Waals surface area contributed by atoms with Gasteiger partial charge in [-0.3, -0.25) is 4.68 Å². The molecule has 0 radical (unpaired) electrons. The lowest BCUT2D eigenvalue weighted by molar-refractivity contribution is 0.335. The predicted molar refractivity (Wildman–Crippen MR) is 58.9 cm³/mol. The Balaban J connectivity index is 2.68. The molecule has 2 N–H and O–H groups in total. The number of hydrogen-bond acceptors (Lipinski definition) is 4. The van der Waals surface area contributed by atoms with Crippen LogP contribution in [0.4, 0.5) is 5.82 Å². The van der Waals surface area contributed by atoms with E-state index in [4.69, 9.17) is 11.0 Å². The van der Waals surface area contributed by atoms with Crippen LogP contribution in [0.2, 0.25) is 0 Å². The molecule has 15 heavy (non-hydrogen) atoms. The molecule has 0 aromatic carbocycles. The predicted octanol–water partition coefficient (Wildman–Crippen LogP) is 0.656. The molecular weight excluding hydrogens is 190 g/mol. The first kappa shape index (κ1) is 11.5. The van der Waals surface area contributed by atoms with E-state index in [2.05, 4.69) is 16.1 Å². The zero-order valence-corrected chi connectivity index (χ0v) is 9.49. The van der Waals surface area contributed by atoms with Crippen molar-refractivity contribution in [1.29, 1.82) is 5.26 Å². The Kier molecular flexibility index (Phi) is 3.69. The number of anilines is 1. The molecule has 1 heterocycles. The molecule has 0 aliphatic carbocycles. The van der Waals surface area contributed by atoms with Gasteiger partial charge in [-0.1, -0.05) is 0 Å². The molecule has 1 aromatic heterocycles. The molecule has 0 unspecified atom stereocenters. The molecule has 0 fully saturated rings. The highest BCUT2D eigenvalue weighted by Gasteiger charge is 2.11. The van der Waals surface area contributed by atoms with E-state index in [-0.39, 0.29) is 0 Å². The summed E-state index contributed by atoms with van der Waals surface area (Å²) in [5.74, 6) is 0.705. The van der Waals surface area contributed by atoms with Crippen LogP contribution in [0.1, 0.15) is 17.7 Å². The zero-order chi connectivity index (χ0) is 11.4. The summed E-state index contributed by atoms with van der Waals surface area (Å²) >= 11 is 0. The number of rotatable bonds is 4. The van der Waals surface area contributed by atoms with E-state index in [0.717, 1.165) is 24.3 Å². The van der Waals surface area contributed by atoms with Crippen LogP contribution >= 0.6 is 0 Å². The fraction of sp³-hybridized carbons (Fsp3) is 0.600. The zero-order valence-electron chi connectivity index (χ0n) is 9.49. The third kappa shape index (κ3) is 2.70. The van der Waals surface area contributed by atoms with Crippen LogP contribution in [0, 0.1) is 18.3 Å². The number of aromatic nitrogens is 2. The van der Waals surface area contributed by atoms with Gasteiger partial charge in [-0.25, -0.2) is 0 Å². The van der Waals surface area contributed by atoms with E-state index in [1.54, 1.807) is 4.68 Å². The summed E-state index contributed by atoms with van der Waals surface area (Å²) in [6.07, 6.45) is 0.537. The summed E-state index contributed by atoms with van der Waals surface area (Å²) in [6, 6.07) is 2.13. The lowest BCUT2D eigenvalue weighted by Gasteiger charge is -2.14. The van der Waals surface area contributed by atoms with E-state index in [9.17, 15) is 0 Å². The highest BCUT2D eigenvalue weighted by molar-refractivity contribution is 5.42. The van der Waals surface area contributed by atoms with Crippen molar-refractivity contribution in [2.75, 3.05) is 19.3 Å². The standard InChI is InChI=1S/C10H17N5/c1-8-9(10(12)15(3)13-8)7-14(2)6-4-5-11/h4,6-7,12H2,1-3H3. The highest BCUT2D eigenvalue weighted by atomic mass is 15.3. The van der Waals surface area contributed by atoms with Gasteiger partial charge in [0.2, 0.25) is 0 Å². The van der Waals surface area contributed by atoms with Crippen molar-refractivity contribution in [2.45, 2.75) is 19.9 Å². The van der Waals surface area contributed by atoms with Crippen LogP contribution in [0.5, 0.6) is 0 Å². The number of nitrogens with two attached hydrogens (primary N) is 1. The largest absolute Gasteiger partial charge is 0.384 e. The topological polar surface area (TPSA) is 70.9 Å². The fourth-order valence-corrected chi connectivity index (χ4v) is 1.51. The summed E-state index contributed by atoms with van der Waals surface area (Å²) in [5.41, 5.74) is 7.90. The molecule has 82 valence electrons. The van der Waals surface area contributed by atoms with Crippen LogP contribution in [-0.4, -0.2) is 28.3 Å². The number of nitrogens with zero attached hydrogens (tertiary/aromatic N) is 4. The molecule has 0 saturated carbocycles. The maximum Gasteiger partial charge on any atom is 0.126 e. The third-order valence-corrected chi connectivity index (χ3v) is 2.43. The lowest BCUT2D eigenvalue weighted by Crippen LogP contribution is -2.19. The van der Waals surface area contributed by atoms with Crippen molar-refractivity contribution in [3.05, 3.63) is 11.3 Å². The van der Waals surface area contributed by atoms with Crippen molar-refractivity contribution >= 4 is 5.82 Å². The maximum atomic E-state index is 8.48. The number of nitriles is 1. The molecule has 1 aromatic rings. The van der Waals surface area contributed by atoms with Gasteiger partial charge in [-0.2, -0.15) is 10.4 Å². The van der Waals surface area contributed by atoms with E-state index in [0.29, 0.717) is 12.2 Å².